The number of nitrogens with one attached hydrogen (secondary N) is 1. The summed E-state index contributed by atoms with van der Waals surface area (Å²) in [6.07, 6.45) is 0. The van der Waals surface area contributed by atoms with E-state index in [0.717, 1.165) is 5.56 Å². The molecule has 2 heterocycles. The molecule has 1 saturated heterocycles. The van der Waals surface area contributed by atoms with Gasteiger partial charge in [-0.05, 0) is 42.4 Å². The first-order valence-corrected chi connectivity index (χ1v) is 12.6. The molecule has 0 radical (unpaired) electrons. The van der Waals surface area contributed by atoms with Gasteiger partial charge >= 0.3 is 0 Å². The van der Waals surface area contributed by atoms with Crippen LogP contribution in [0.3, 0.4) is 0 Å². The van der Waals surface area contributed by atoms with E-state index in [1.807, 2.05) is 51.2 Å². The van der Waals surface area contributed by atoms with Gasteiger partial charge in [-0.15, -0.1) is 10.2 Å². The van der Waals surface area contributed by atoms with Crippen LogP contribution >= 0.6 is 0 Å². The monoisotopic (exact) mass is 483 g/mol. The van der Waals surface area contributed by atoms with Crippen molar-refractivity contribution in [2.24, 2.45) is 5.92 Å². The van der Waals surface area contributed by atoms with Crippen molar-refractivity contribution in [1.82, 2.24) is 29.4 Å². The van der Waals surface area contributed by atoms with Crippen molar-refractivity contribution >= 4 is 21.6 Å². The summed E-state index contributed by atoms with van der Waals surface area (Å²) in [6, 6.07) is 15.0. The molecular weight excluding hydrogens is 454 g/mol. The van der Waals surface area contributed by atoms with Crippen LogP contribution in [0, 0.1) is 5.92 Å². The van der Waals surface area contributed by atoms with Crippen molar-refractivity contribution in [2.75, 3.05) is 38.5 Å². The number of piperazine rings is 1. The topological polar surface area (TPSA) is 113 Å². The number of anilines is 1. The Bertz CT molecular complexity index is 1220. The third-order valence-electron chi connectivity index (χ3n) is 5.83. The second-order valence-corrected chi connectivity index (χ2v) is 10.6. The Kier molecular flexibility index (Phi) is 7.05. The maximum Gasteiger partial charge on any atom is 0.251 e. The van der Waals surface area contributed by atoms with Gasteiger partial charge in [0, 0.05) is 37.4 Å². The molecule has 1 unspecified atom stereocenters. The molecule has 1 fully saturated rings. The highest BCUT2D eigenvalue weighted by atomic mass is 32.2. The average Bonchev–Trinajstić information content (AvgIpc) is 3.29. The largest absolute Gasteiger partial charge is 0.324 e. The molecule has 1 aliphatic heterocycles. The maximum absolute atomic E-state index is 13.1. The van der Waals surface area contributed by atoms with Crippen molar-refractivity contribution in [3.63, 3.8) is 0 Å². The lowest BCUT2D eigenvalue weighted by Gasteiger charge is -2.31. The molecule has 1 N–H and O–H groups in total. The summed E-state index contributed by atoms with van der Waals surface area (Å²) in [5.74, 6) is 0.0360. The molecule has 34 heavy (non-hydrogen) atoms. The first kappa shape index (κ1) is 24.0. The normalized spacial score (nSPS) is 16.5. The third-order valence-corrected chi connectivity index (χ3v) is 7.74. The maximum atomic E-state index is 13.1. The van der Waals surface area contributed by atoms with Crippen LogP contribution < -0.4 is 5.32 Å². The first-order chi connectivity index (χ1) is 16.3. The molecule has 1 atom stereocenters. The number of carbonyl (C=O) groups is 1. The van der Waals surface area contributed by atoms with Crippen LogP contribution in [0.25, 0.3) is 11.4 Å². The molecule has 2 aromatic carbocycles. The van der Waals surface area contributed by atoms with Gasteiger partial charge in [-0.1, -0.05) is 44.2 Å². The number of amides is 1. The van der Waals surface area contributed by atoms with Gasteiger partial charge in [-0.3, -0.25) is 4.79 Å². The van der Waals surface area contributed by atoms with Crippen LogP contribution in [0.2, 0.25) is 0 Å². The van der Waals surface area contributed by atoms with Gasteiger partial charge in [0.2, 0.25) is 15.8 Å². The highest BCUT2D eigenvalue weighted by molar-refractivity contribution is 7.89. The van der Waals surface area contributed by atoms with Crippen molar-refractivity contribution in [3.8, 4) is 11.4 Å². The Morgan fingerprint density at radius 2 is 1.62 bits per heavy atom. The van der Waals surface area contributed by atoms with E-state index in [4.69, 9.17) is 0 Å². The zero-order valence-electron chi connectivity index (χ0n) is 19.5. The lowest BCUT2D eigenvalue weighted by atomic mass is 10.0. The van der Waals surface area contributed by atoms with E-state index < -0.39 is 16.1 Å². The first-order valence-electron chi connectivity index (χ1n) is 11.2. The second-order valence-electron chi connectivity index (χ2n) is 8.71. The number of benzene rings is 2. The molecule has 10 nitrogen and oxygen atoms in total. The predicted molar refractivity (Wildman–Crippen MR) is 128 cm³/mol. The summed E-state index contributed by atoms with van der Waals surface area (Å²) < 4.78 is 27.3. The Balaban J connectivity index is 1.47. The predicted octanol–water partition coefficient (Wildman–Crippen LogP) is 2.11. The molecule has 1 aromatic heterocycles. The Morgan fingerprint density at radius 3 is 2.24 bits per heavy atom. The number of carbonyl (C=O) groups excluding carboxylic acids is 1. The van der Waals surface area contributed by atoms with E-state index in [9.17, 15) is 13.2 Å². The number of hydrogen-bond donors (Lipinski definition) is 1. The molecule has 11 heteroatoms. The summed E-state index contributed by atoms with van der Waals surface area (Å²) in [4.78, 5) is 16.7. The van der Waals surface area contributed by atoms with Gasteiger partial charge in [0.25, 0.3) is 5.91 Å². The lowest BCUT2D eigenvalue weighted by Crippen LogP contribution is -2.46. The molecule has 0 spiro atoms. The van der Waals surface area contributed by atoms with Gasteiger partial charge in [0.1, 0.15) is 0 Å². The number of sulfonamides is 1. The SMILES string of the molecule is CC(C)C(C(=O)Nc1ccc(S(=O)(=O)N2CCN(C)CC2)cc1)n1nnc(-c2ccccc2)n1. The highest BCUT2D eigenvalue weighted by Gasteiger charge is 2.29. The number of aromatic nitrogens is 4. The number of rotatable bonds is 7. The molecule has 1 amide bonds. The standard InChI is InChI=1S/C23H29N7O3S/c1-17(2)21(30-26-22(25-27-30)18-7-5-4-6-8-18)23(31)24-19-9-11-20(12-10-19)34(32,33)29-15-13-28(3)14-16-29/h4-12,17,21H,13-16H2,1-3H3,(H,24,31). The van der Waals surface area contributed by atoms with E-state index >= 15 is 0 Å². The lowest BCUT2D eigenvalue weighted by molar-refractivity contribution is -0.121. The highest BCUT2D eigenvalue weighted by Crippen LogP contribution is 2.23. The van der Waals surface area contributed by atoms with E-state index in [-0.39, 0.29) is 16.7 Å². The minimum absolute atomic E-state index is 0.102. The summed E-state index contributed by atoms with van der Waals surface area (Å²) in [5, 5.41) is 15.5. The molecule has 3 aromatic rings. The van der Waals surface area contributed by atoms with Crippen LogP contribution in [0.5, 0.6) is 0 Å². The molecule has 0 bridgehead atoms. The molecular formula is C23H29N7O3S. The Morgan fingerprint density at radius 1 is 0.971 bits per heavy atom. The quantitative estimate of drug-likeness (QED) is 0.548. The van der Waals surface area contributed by atoms with Crippen molar-refractivity contribution in [1.29, 1.82) is 0 Å². The average molecular weight is 484 g/mol. The second kappa shape index (κ2) is 10.00. The molecule has 0 saturated carbocycles. The number of nitrogens with zero attached hydrogens (tertiary/aromatic N) is 6. The van der Waals surface area contributed by atoms with Gasteiger partial charge < -0.3 is 10.2 Å². The van der Waals surface area contributed by atoms with Crippen LogP contribution in [-0.4, -0.2) is 77.0 Å². The fourth-order valence-electron chi connectivity index (χ4n) is 3.82. The van der Waals surface area contributed by atoms with E-state index in [1.165, 1.54) is 21.2 Å². The summed E-state index contributed by atoms with van der Waals surface area (Å²) in [5.41, 5.74) is 1.31. The van der Waals surface area contributed by atoms with Crippen molar-refractivity contribution < 1.29 is 13.2 Å². The fourth-order valence-corrected chi connectivity index (χ4v) is 5.25. The minimum atomic E-state index is -3.57. The summed E-state index contributed by atoms with van der Waals surface area (Å²) in [7, 11) is -1.59. The van der Waals surface area contributed by atoms with Gasteiger partial charge in [0.05, 0.1) is 4.90 Å². The fraction of sp³-hybridized carbons (Fsp3) is 0.391. The summed E-state index contributed by atoms with van der Waals surface area (Å²) in [6.45, 7) is 6.13. The van der Waals surface area contributed by atoms with Crippen molar-refractivity contribution in [3.05, 3.63) is 54.6 Å². The molecule has 4 rings (SSSR count). The van der Waals surface area contributed by atoms with Gasteiger partial charge in [0.15, 0.2) is 6.04 Å². The van der Waals surface area contributed by atoms with Crippen LogP contribution in [0.15, 0.2) is 59.5 Å². The third kappa shape index (κ3) is 5.16. The Hall–Kier alpha value is -3.15. The zero-order valence-corrected chi connectivity index (χ0v) is 20.3. The molecule has 180 valence electrons. The van der Waals surface area contributed by atoms with E-state index in [1.54, 1.807) is 12.1 Å². The van der Waals surface area contributed by atoms with Gasteiger partial charge in [-0.25, -0.2) is 8.42 Å². The number of tetrazole rings is 1. The van der Waals surface area contributed by atoms with Gasteiger partial charge in [-0.2, -0.15) is 9.10 Å². The number of likely N-dealkylation sites (N-methyl/N-ethyl adjacent to an activating group) is 1. The van der Waals surface area contributed by atoms with Crippen LogP contribution in [0.4, 0.5) is 5.69 Å². The van der Waals surface area contributed by atoms with E-state index in [2.05, 4.69) is 25.6 Å². The van der Waals surface area contributed by atoms with Crippen LogP contribution in [0.1, 0.15) is 19.9 Å². The van der Waals surface area contributed by atoms with Crippen LogP contribution in [-0.2, 0) is 14.8 Å². The van der Waals surface area contributed by atoms with E-state index in [0.29, 0.717) is 37.7 Å². The minimum Gasteiger partial charge on any atom is -0.324 e. The Labute approximate surface area is 199 Å². The molecule has 0 aliphatic carbocycles. The molecule has 1 aliphatic rings. The smallest absolute Gasteiger partial charge is 0.251 e. The zero-order chi connectivity index (χ0) is 24.3. The number of hydrogen-bond acceptors (Lipinski definition) is 7. The van der Waals surface area contributed by atoms with Crippen molar-refractivity contribution in [2.45, 2.75) is 24.8 Å². The summed E-state index contributed by atoms with van der Waals surface area (Å²) >= 11 is 0.